The van der Waals surface area contributed by atoms with Gasteiger partial charge < -0.3 is 25.0 Å². The molecule has 3 rings (SSSR count). The summed E-state index contributed by atoms with van der Waals surface area (Å²) in [4.78, 5) is 9.19. The number of nitrogens with zero attached hydrogens (tertiary/aromatic N) is 3. The number of thiophene rings is 1. The van der Waals surface area contributed by atoms with Crippen LogP contribution in [0.25, 0.3) is 0 Å². The van der Waals surface area contributed by atoms with Crippen LogP contribution in [-0.2, 0) is 0 Å². The summed E-state index contributed by atoms with van der Waals surface area (Å²) in [6.07, 6.45) is -0.730. The number of ether oxygens (including phenoxy) is 1. The second kappa shape index (κ2) is 10.3. The minimum absolute atomic E-state index is 0.112. The maximum Gasteiger partial charge on any atom is 0.194 e. The van der Waals surface area contributed by atoms with E-state index in [1.807, 2.05) is 6.92 Å². The average molecular weight is 407 g/mol. The monoisotopic (exact) mass is 406 g/mol. The van der Waals surface area contributed by atoms with E-state index in [2.05, 4.69) is 37.6 Å². The van der Waals surface area contributed by atoms with Crippen molar-refractivity contribution in [1.82, 2.24) is 10.2 Å². The molecule has 6 nitrogen and oxygen atoms in total. The molecule has 1 aromatic carbocycles. The van der Waals surface area contributed by atoms with Crippen LogP contribution in [-0.4, -0.2) is 67.9 Å². The highest BCUT2D eigenvalue weighted by Gasteiger charge is 2.20. The van der Waals surface area contributed by atoms with E-state index in [4.69, 9.17) is 4.74 Å². The summed E-state index contributed by atoms with van der Waals surface area (Å²) >= 11 is 1.76. The lowest BCUT2D eigenvalue weighted by Crippen LogP contribution is -2.52. The molecule has 2 N–H and O–H groups in total. The summed E-state index contributed by atoms with van der Waals surface area (Å²) in [6.45, 7) is 6.81. The number of rotatable bonds is 7. The molecule has 1 aliphatic heterocycles. The van der Waals surface area contributed by atoms with Crippen LogP contribution in [0.3, 0.4) is 0 Å². The Balaban J connectivity index is 1.48. The van der Waals surface area contributed by atoms with Crippen molar-refractivity contribution in [3.8, 4) is 5.75 Å². The van der Waals surface area contributed by atoms with Gasteiger partial charge in [-0.15, -0.1) is 11.3 Å². The summed E-state index contributed by atoms with van der Waals surface area (Å²) in [5.41, 5.74) is 0. The molecule has 1 aromatic heterocycles. The number of aliphatic hydroxyl groups excluding tert-OH is 1. The Bertz CT molecular complexity index is 731. The van der Waals surface area contributed by atoms with Crippen molar-refractivity contribution in [3.63, 3.8) is 0 Å². The molecule has 1 fully saturated rings. The minimum Gasteiger partial charge on any atom is -0.491 e. The van der Waals surface area contributed by atoms with Gasteiger partial charge in [0.2, 0.25) is 0 Å². The quantitative estimate of drug-likeness (QED) is 0.546. The lowest BCUT2D eigenvalue weighted by molar-refractivity contribution is 0.114. The molecule has 1 unspecified atom stereocenters. The lowest BCUT2D eigenvalue weighted by atomic mass is 10.3. The molecule has 1 saturated heterocycles. The predicted molar refractivity (Wildman–Crippen MR) is 112 cm³/mol. The molecule has 152 valence electrons. The Labute approximate surface area is 169 Å². The topological polar surface area (TPSA) is 60.3 Å². The predicted octanol–water partition coefficient (Wildman–Crippen LogP) is 2.41. The van der Waals surface area contributed by atoms with Gasteiger partial charge in [0.05, 0.1) is 11.5 Å². The van der Waals surface area contributed by atoms with E-state index in [0.717, 1.165) is 38.7 Å². The number of hydrogen-bond acceptors (Lipinski definition) is 5. The third kappa shape index (κ3) is 5.84. The summed E-state index contributed by atoms with van der Waals surface area (Å²) in [5.74, 6) is 1.03. The maximum absolute atomic E-state index is 12.9. The number of guanidine groups is 1. The van der Waals surface area contributed by atoms with Crippen LogP contribution in [0, 0.1) is 5.82 Å². The number of aliphatic hydroxyl groups is 1. The maximum atomic E-state index is 12.9. The van der Waals surface area contributed by atoms with Crippen molar-refractivity contribution in [2.24, 2.45) is 4.99 Å². The molecule has 8 heteroatoms. The molecule has 0 spiro atoms. The zero-order valence-electron chi connectivity index (χ0n) is 16.1. The van der Waals surface area contributed by atoms with Crippen molar-refractivity contribution in [1.29, 1.82) is 0 Å². The number of aliphatic imine (C=N–C) groups is 1. The standard InChI is InChI=1S/C20H27FN4O2S/c1-2-22-20(25-11-9-24(10-12-25)19-4-3-13-28-19)23-14-17(26)15-27-18-7-5-16(21)6-8-18/h3-8,13,17,26H,2,9-12,14-15H2,1H3,(H,22,23). The molecule has 0 radical (unpaired) electrons. The van der Waals surface area contributed by atoms with Crippen molar-refractivity contribution in [2.75, 3.05) is 50.8 Å². The van der Waals surface area contributed by atoms with E-state index in [0.29, 0.717) is 5.75 Å². The fourth-order valence-corrected chi connectivity index (χ4v) is 3.77. The van der Waals surface area contributed by atoms with E-state index in [9.17, 15) is 9.50 Å². The first kappa shape index (κ1) is 20.4. The summed E-state index contributed by atoms with van der Waals surface area (Å²) in [6, 6.07) is 9.98. The van der Waals surface area contributed by atoms with Crippen LogP contribution >= 0.6 is 11.3 Å². The van der Waals surface area contributed by atoms with Crippen LogP contribution in [0.2, 0.25) is 0 Å². The molecule has 0 saturated carbocycles. The van der Waals surface area contributed by atoms with Crippen LogP contribution in [0.5, 0.6) is 5.75 Å². The number of piperazine rings is 1. The second-order valence-corrected chi connectivity index (χ2v) is 7.46. The number of halogens is 1. The van der Waals surface area contributed by atoms with Gasteiger partial charge in [0.15, 0.2) is 5.96 Å². The van der Waals surface area contributed by atoms with Crippen LogP contribution < -0.4 is 15.0 Å². The zero-order chi connectivity index (χ0) is 19.8. The number of hydrogen-bond donors (Lipinski definition) is 2. The van der Waals surface area contributed by atoms with Crippen LogP contribution in [0.1, 0.15) is 6.92 Å². The highest BCUT2D eigenvalue weighted by atomic mass is 32.1. The van der Waals surface area contributed by atoms with Gasteiger partial charge in [0.1, 0.15) is 24.3 Å². The summed E-state index contributed by atoms with van der Waals surface area (Å²) in [5, 5.41) is 16.9. The van der Waals surface area contributed by atoms with Gasteiger partial charge in [0, 0.05) is 32.7 Å². The van der Waals surface area contributed by atoms with Gasteiger partial charge in [-0.1, -0.05) is 0 Å². The van der Waals surface area contributed by atoms with Gasteiger partial charge >= 0.3 is 0 Å². The number of nitrogens with one attached hydrogen (secondary N) is 1. The Kier molecular flexibility index (Phi) is 7.50. The SMILES string of the molecule is CCNC(=NCC(O)COc1ccc(F)cc1)N1CCN(c2cccs2)CC1. The third-order valence-corrected chi connectivity index (χ3v) is 5.37. The number of anilines is 1. The fourth-order valence-electron chi connectivity index (χ4n) is 2.98. The molecular weight excluding hydrogens is 379 g/mol. The Morgan fingerprint density at radius 1 is 1.25 bits per heavy atom. The lowest BCUT2D eigenvalue weighted by Gasteiger charge is -2.37. The van der Waals surface area contributed by atoms with Crippen molar-refractivity contribution >= 4 is 22.3 Å². The molecule has 0 aliphatic carbocycles. The van der Waals surface area contributed by atoms with Gasteiger partial charge in [0.25, 0.3) is 0 Å². The molecule has 0 bridgehead atoms. The Morgan fingerprint density at radius 2 is 2.00 bits per heavy atom. The van der Waals surface area contributed by atoms with E-state index < -0.39 is 6.10 Å². The summed E-state index contributed by atoms with van der Waals surface area (Å²) in [7, 11) is 0. The van der Waals surface area contributed by atoms with E-state index in [1.165, 1.54) is 17.1 Å². The Morgan fingerprint density at radius 3 is 2.64 bits per heavy atom. The van der Waals surface area contributed by atoms with Crippen molar-refractivity contribution < 1.29 is 14.2 Å². The van der Waals surface area contributed by atoms with Crippen LogP contribution in [0.4, 0.5) is 9.39 Å². The molecular formula is C20H27FN4O2S. The minimum atomic E-state index is -0.730. The van der Waals surface area contributed by atoms with Crippen LogP contribution in [0.15, 0.2) is 46.8 Å². The van der Waals surface area contributed by atoms with Gasteiger partial charge in [-0.2, -0.15) is 0 Å². The van der Waals surface area contributed by atoms with E-state index in [-0.39, 0.29) is 19.0 Å². The average Bonchev–Trinajstić information content (AvgIpc) is 3.26. The normalized spacial score (nSPS) is 16.2. The first-order chi connectivity index (χ1) is 13.7. The molecule has 1 atom stereocenters. The highest BCUT2D eigenvalue weighted by Crippen LogP contribution is 2.22. The molecule has 0 amide bonds. The van der Waals surface area contributed by atoms with E-state index >= 15 is 0 Å². The molecule has 1 aliphatic rings. The number of benzene rings is 1. The van der Waals surface area contributed by atoms with Crippen molar-refractivity contribution in [3.05, 3.63) is 47.6 Å². The Hall–Kier alpha value is -2.32. The molecule has 2 heterocycles. The summed E-state index contributed by atoms with van der Waals surface area (Å²) < 4.78 is 18.4. The fraction of sp³-hybridized carbons (Fsp3) is 0.450. The van der Waals surface area contributed by atoms with E-state index in [1.54, 1.807) is 23.5 Å². The molecule has 2 aromatic rings. The highest BCUT2D eigenvalue weighted by molar-refractivity contribution is 7.14. The van der Waals surface area contributed by atoms with Gasteiger partial charge in [-0.3, -0.25) is 4.99 Å². The first-order valence-electron chi connectivity index (χ1n) is 9.54. The zero-order valence-corrected chi connectivity index (χ0v) is 16.9. The smallest absolute Gasteiger partial charge is 0.194 e. The van der Waals surface area contributed by atoms with Gasteiger partial charge in [-0.05, 0) is 48.7 Å². The van der Waals surface area contributed by atoms with Crippen molar-refractivity contribution in [2.45, 2.75) is 13.0 Å². The largest absolute Gasteiger partial charge is 0.491 e. The molecule has 28 heavy (non-hydrogen) atoms. The first-order valence-corrected chi connectivity index (χ1v) is 10.4. The second-order valence-electron chi connectivity index (χ2n) is 6.54. The third-order valence-electron chi connectivity index (χ3n) is 4.44. The van der Waals surface area contributed by atoms with Gasteiger partial charge in [-0.25, -0.2) is 4.39 Å².